The van der Waals surface area contributed by atoms with Crippen molar-refractivity contribution in [3.05, 3.63) is 23.3 Å². The molecule has 0 amide bonds. The van der Waals surface area contributed by atoms with Gasteiger partial charge in [0, 0.05) is 6.42 Å². The van der Waals surface area contributed by atoms with E-state index in [9.17, 15) is 19.1 Å². The number of phosphoric acid groups is 1. The van der Waals surface area contributed by atoms with Gasteiger partial charge in [-0.2, -0.15) is 0 Å². The molecular weight excluding hydrogens is 387 g/mol. The minimum absolute atomic E-state index is 0.0438. The SMILES string of the molecule is C/C=C1\C(OP(=O)(O)O)CC2C3CCC4=CC(=O)CCC4(C)C3CCC12C.CC. The van der Waals surface area contributed by atoms with E-state index in [4.69, 9.17) is 4.52 Å². The van der Waals surface area contributed by atoms with Crippen LogP contribution in [-0.4, -0.2) is 21.7 Å². The highest BCUT2D eigenvalue weighted by Gasteiger charge is 2.60. The monoisotopic (exact) mass is 424 g/mol. The lowest BCUT2D eigenvalue weighted by Gasteiger charge is -2.57. The second-order valence-electron chi connectivity index (χ2n) is 9.49. The van der Waals surface area contributed by atoms with Crippen LogP contribution >= 0.6 is 7.82 Å². The fourth-order valence-electron chi connectivity index (χ4n) is 7.18. The summed E-state index contributed by atoms with van der Waals surface area (Å²) in [6, 6.07) is 0. The van der Waals surface area contributed by atoms with Crippen molar-refractivity contribution in [3.8, 4) is 0 Å². The Hall–Kier alpha value is -0.740. The Bertz CT molecular complexity index is 765. The zero-order chi connectivity index (χ0) is 21.6. The third-order valence-corrected chi connectivity index (χ3v) is 8.93. The highest BCUT2D eigenvalue weighted by Crippen LogP contribution is 2.67. The van der Waals surface area contributed by atoms with Gasteiger partial charge in [0.05, 0.1) is 6.10 Å². The van der Waals surface area contributed by atoms with Crippen LogP contribution in [0.3, 0.4) is 0 Å². The normalized spacial score (nSPS) is 42.9. The van der Waals surface area contributed by atoms with Crippen LogP contribution in [0.25, 0.3) is 0 Å². The van der Waals surface area contributed by atoms with E-state index in [1.54, 1.807) is 0 Å². The zero-order valence-electron chi connectivity index (χ0n) is 18.5. The molecule has 0 saturated heterocycles. The summed E-state index contributed by atoms with van der Waals surface area (Å²) in [5, 5.41) is 0. The molecule has 4 aliphatic carbocycles. The second-order valence-corrected chi connectivity index (χ2v) is 10.7. The summed E-state index contributed by atoms with van der Waals surface area (Å²) >= 11 is 0. The third kappa shape index (κ3) is 3.84. The number of hydrogen-bond donors (Lipinski definition) is 2. The summed E-state index contributed by atoms with van der Waals surface area (Å²) in [4.78, 5) is 30.7. The quantitative estimate of drug-likeness (QED) is 0.447. The van der Waals surface area contributed by atoms with Crippen LogP contribution in [-0.2, 0) is 13.9 Å². The Morgan fingerprint density at radius 3 is 2.41 bits per heavy atom. The van der Waals surface area contributed by atoms with Gasteiger partial charge in [0.1, 0.15) is 0 Å². The van der Waals surface area contributed by atoms with Gasteiger partial charge >= 0.3 is 7.82 Å². The second kappa shape index (κ2) is 8.07. The molecule has 0 aromatic carbocycles. The summed E-state index contributed by atoms with van der Waals surface area (Å²) < 4.78 is 16.7. The predicted molar refractivity (Wildman–Crippen MR) is 114 cm³/mol. The van der Waals surface area contributed by atoms with Crippen molar-refractivity contribution >= 4 is 13.6 Å². The fourth-order valence-corrected chi connectivity index (χ4v) is 7.71. The number of ketones is 1. The van der Waals surface area contributed by atoms with Crippen LogP contribution in [0.1, 0.15) is 79.6 Å². The maximum Gasteiger partial charge on any atom is 0.470 e. The number of carbonyl (C=O) groups excluding carboxylic acids is 1. The Labute approximate surface area is 175 Å². The minimum atomic E-state index is -4.52. The Kier molecular flexibility index (Phi) is 6.38. The van der Waals surface area contributed by atoms with Gasteiger partial charge < -0.3 is 9.79 Å². The first-order valence-electron chi connectivity index (χ1n) is 11.2. The van der Waals surface area contributed by atoms with Crippen LogP contribution in [0, 0.1) is 28.6 Å². The molecule has 29 heavy (non-hydrogen) atoms. The molecule has 6 atom stereocenters. The van der Waals surface area contributed by atoms with Gasteiger partial charge in [-0.15, -0.1) is 0 Å². The zero-order valence-corrected chi connectivity index (χ0v) is 19.4. The summed E-state index contributed by atoms with van der Waals surface area (Å²) in [5.41, 5.74) is 2.48. The lowest BCUT2D eigenvalue weighted by Crippen LogP contribution is -2.49. The molecule has 0 aromatic heterocycles. The van der Waals surface area contributed by atoms with E-state index in [0.29, 0.717) is 30.6 Å². The summed E-state index contributed by atoms with van der Waals surface area (Å²) in [6.07, 6.45) is 9.92. The Morgan fingerprint density at radius 2 is 1.79 bits per heavy atom. The van der Waals surface area contributed by atoms with E-state index in [2.05, 4.69) is 13.8 Å². The van der Waals surface area contributed by atoms with E-state index >= 15 is 0 Å². The molecule has 4 rings (SSSR count). The molecule has 0 aliphatic heterocycles. The average molecular weight is 425 g/mol. The van der Waals surface area contributed by atoms with E-state index in [0.717, 1.165) is 37.7 Å². The first kappa shape index (κ1) is 22.9. The summed E-state index contributed by atoms with van der Waals surface area (Å²) in [7, 11) is -4.52. The molecule has 0 bridgehead atoms. The van der Waals surface area contributed by atoms with Gasteiger partial charge in [-0.05, 0) is 85.7 Å². The molecule has 4 aliphatic rings. The predicted octanol–water partition coefficient (Wildman–Crippen LogP) is 5.58. The molecule has 2 N–H and O–H groups in total. The number of rotatable bonds is 2. The van der Waals surface area contributed by atoms with Crippen molar-refractivity contribution in [2.24, 2.45) is 28.6 Å². The Morgan fingerprint density at radius 1 is 1.10 bits per heavy atom. The fraction of sp³-hybridized carbons (Fsp3) is 0.783. The van der Waals surface area contributed by atoms with Crippen molar-refractivity contribution in [1.29, 1.82) is 0 Å². The van der Waals surface area contributed by atoms with Crippen LogP contribution in [0.4, 0.5) is 0 Å². The van der Waals surface area contributed by atoms with Crippen molar-refractivity contribution in [1.82, 2.24) is 0 Å². The summed E-state index contributed by atoms with van der Waals surface area (Å²) in [5.74, 6) is 1.73. The van der Waals surface area contributed by atoms with Crippen LogP contribution in [0.15, 0.2) is 23.3 Å². The molecule has 0 spiro atoms. The van der Waals surface area contributed by atoms with Crippen molar-refractivity contribution in [2.45, 2.75) is 85.7 Å². The van der Waals surface area contributed by atoms with Gasteiger partial charge in [0.2, 0.25) is 0 Å². The van der Waals surface area contributed by atoms with Gasteiger partial charge in [-0.3, -0.25) is 9.32 Å². The molecule has 6 unspecified atom stereocenters. The molecule has 0 aromatic rings. The van der Waals surface area contributed by atoms with Crippen LogP contribution in [0.5, 0.6) is 0 Å². The number of hydrogen-bond acceptors (Lipinski definition) is 3. The molecule has 3 saturated carbocycles. The van der Waals surface area contributed by atoms with E-state index in [1.807, 2.05) is 32.9 Å². The molecule has 164 valence electrons. The standard InChI is InChI=1S/C21H31O5P.C2H6/c1-4-16-19(26-27(23,24)25)12-18-15-6-5-13-11-14(22)7-9-20(13,2)17(15)8-10-21(16,18)3;1-2/h4,11,15,17-19H,5-10,12H2,1-3H3,(H2,23,24,25);1-2H3/b16-4+;. The number of fused-ring (bicyclic) bond motifs is 5. The Balaban J connectivity index is 0.00000117. The lowest BCUT2D eigenvalue weighted by molar-refractivity contribution is -0.117. The molecular formula is C23H37O5P. The largest absolute Gasteiger partial charge is 0.470 e. The van der Waals surface area contributed by atoms with Gasteiger partial charge in [-0.1, -0.05) is 39.3 Å². The van der Waals surface area contributed by atoms with E-state index in [1.165, 1.54) is 5.57 Å². The van der Waals surface area contributed by atoms with Crippen LogP contribution < -0.4 is 0 Å². The first-order chi connectivity index (χ1) is 13.6. The topological polar surface area (TPSA) is 83.8 Å². The number of allylic oxidation sites excluding steroid dienone is 2. The molecule has 6 heteroatoms. The maximum atomic E-state index is 11.9. The third-order valence-electron chi connectivity index (χ3n) is 8.40. The van der Waals surface area contributed by atoms with Gasteiger partial charge in [0.25, 0.3) is 0 Å². The van der Waals surface area contributed by atoms with Crippen molar-refractivity contribution in [3.63, 3.8) is 0 Å². The highest BCUT2D eigenvalue weighted by molar-refractivity contribution is 7.46. The summed E-state index contributed by atoms with van der Waals surface area (Å²) in [6.45, 7) is 10.6. The van der Waals surface area contributed by atoms with Gasteiger partial charge in [0.15, 0.2) is 5.78 Å². The maximum absolute atomic E-state index is 11.9. The number of carbonyl (C=O) groups is 1. The highest BCUT2D eigenvalue weighted by atomic mass is 31.2. The van der Waals surface area contributed by atoms with Crippen molar-refractivity contribution in [2.75, 3.05) is 0 Å². The molecule has 5 nitrogen and oxygen atoms in total. The first-order valence-corrected chi connectivity index (χ1v) is 12.8. The van der Waals surface area contributed by atoms with E-state index < -0.39 is 13.9 Å². The average Bonchev–Trinajstić information content (AvgIpc) is 2.93. The van der Waals surface area contributed by atoms with Gasteiger partial charge in [-0.25, -0.2) is 4.57 Å². The molecule has 0 radical (unpaired) electrons. The van der Waals surface area contributed by atoms with E-state index in [-0.39, 0.29) is 16.6 Å². The van der Waals surface area contributed by atoms with Crippen LogP contribution in [0.2, 0.25) is 0 Å². The lowest BCUT2D eigenvalue weighted by atomic mass is 9.47. The minimum Gasteiger partial charge on any atom is -0.303 e. The smallest absolute Gasteiger partial charge is 0.303 e. The molecule has 0 heterocycles. The number of phosphoric ester groups is 1. The van der Waals surface area contributed by atoms with Crippen molar-refractivity contribution < 1.29 is 23.7 Å². The molecule has 3 fully saturated rings.